The number of carbonyl (C=O) groups excluding carboxylic acids is 4. The van der Waals surface area contributed by atoms with Gasteiger partial charge >= 0.3 is 5.97 Å². The van der Waals surface area contributed by atoms with Crippen molar-refractivity contribution in [2.24, 2.45) is 11.8 Å². The van der Waals surface area contributed by atoms with Crippen LogP contribution in [0.2, 0.25) is 0 Å². The summed E-state index contributed by atoms with van der Waals surface area (Å²) in [7, 11) is 0. The van der Waals surface area contributed by atoms with Gasteiger partial charge in [0, 0.05) is 18.7 Å². The predicted molar refractivity (Wildman–Crippen MR) is 190 cm³/mol. The quantitative estimate of drug-likeness (QED) is 0.181. The highest BCUT2D eigenvalue weighted by atomic mass is 16.6. The summed E-state index contributed by atoms with van der Waals surface area (Å²) < 4.78 is 12.5. The fourth-order valence-corrected chi connectivity index (χ4v) is 8.01. The normalized spacial score (nSPS) is 24.8. The lowest BCUT2D eigenvalue weighted by Crippen LogP contribution is -2.59. The molecule has 0 aliphatic carbocycles. The molecule has 6 rings (SSSR count). The summed E-state index contributed by atoms with van der Waals surface area (Å²) in [6, 6.07) is 21.2. The van der Waals surface area contributed by atoms with E-state index < -0.39 is 60.2 Å². The molecule has 10 nitrogen and oxygen atoms in total. The number of nitrogens with zero attached hydrogens (tertiary/aromatic N) is 2. The van der Waals surface area contributed by atoms with Gasteiger partial charge in [-0.25, -0.2) is 0 Å². The third-order valence-electron chi connectivity index (χ3n) is 10.3. The number of hydrogen-bond acceptors (Lipinski definition) is 7. The van der Waals surface area contributed by atoms with Crippen molar-refractivity contribution in [2.45, 2.75) is 68.9 Å². The van der Waals surface area contributed by atoms with Gasteiger partial charge in [0.25, 0.3) is 5.91 Å². The van der Waals surface area contributed by atoms with E-state index in [2.05, 4.69) is 18.5 Å². The van der Waals surface area contributed by atoms with Crippen molar-refractivity contribution in [3.05, 3.63) is 104 Å². The summed E-state index contributed by atoms with van der Waals surface area (Å²) in [5, 5.41) is 15.6. The number of likely N-dealkylation sites (tertiary alicyclic amines) is 1. The van der Waals surface area contributed by atoms with Gasteiger partial charge in [-0.15, -0.1) is 13.2 Å². The summed E-state index contributed by atoms with van der Waals surface area (Å²) >= 11 is 0. The molecule has 0 saturated carbocycles. The molecule has 262 valence electrons. The van der Waals surface area contributed by atoms with Crippen LogP contribution in [0.15, 0.2) is 98.1 Å². The van der Waals surface area contributed by atoms with Gasteiger partial charge < -0.3 is 29.7 Å². The monoisotopic (exact) mass is 679 g/mol. The third-order valence-corrected chi connectivity index (χ3v) is 10.3. The first-order chi connectivity index (χ1) is 24.2. The maximum atomic E-state index is 15.1. The summed E-state index contributed by atoms with van der Waals surface area (Å²) in [5.74, 6) is -3.49. The molecule has 3 heterocycles. The zero-order chi connectivity index (χ0) is 35.4. The van der Waals surface area contributed by atoms with E-state index in [0.29, 0.717) is 31.4 Å². The van der Waals surface area contributed by atoms with Crippen molar-refractivity contribution in [3.8, 4) is 0 Å². The molecule has 3 aliphatic rings. The number of aliphatic hydroxyl groups excluding tert-OH is 1. The van der Waals surface area contributed by atoms with E-state index in [1.165, 1.54) is 4.90 Å². The van der Waals surface area contributed by atoms with E-state index in [4.69, 9.17) is 9.47 Å². The van der Waals surface area contributed by atoms with E-state index in [-0.39, 0.29) is 31.3 Å². The molecule has 3 saturated heterocycles. The van der Waals surface area contributed by atoms with Gasteiger partial charge in [0.15, 0.2) is 0 Å². The largest absolute Gasteiger partial charge is 0.460 e. The summed E-state index contributed by atoms with van der Waals surface area (Å²) in [6.45, 7) is 9.12. The Bertz CT molecular complexity index is 1760. The molecular weight excluding hydrogens is 634 g/mol. The Hall–Kier alpha value is -4.80. The third kappa shape index (κ3) is 6.57. The molecule has 3 aromatic carbocycles. The van der Waals surface area contributed by atoms with Crippen molar-refractivity contribution in [3.63, 3.8) is 0 Å². The van der Waals surface area contributed by atoms with Crippen molar-refractivity contribution in [1.29, 1.82) is 0 Å². The molecule has 50 heavy (non-hydrogen) atoms. The lowest BCUT2D eigenvalue weighted by Gasteiger charge is -2.39. The lowest BCUT2D eigenvalue weighted by atomic mass is 9.70. The fraction of sp³-hybridized carbons (Fsp3) is 0.400. The average Bonchev–Trinajstić information content (AvgIpc) is 3.78. The molecule has 2 N–H and O–H groups in total. The van der Waals surface area contributed by atoms with Crippen molar-refractivity contribution >= 4 is 40.2 Å². The summed E-state index contributed by atoms with van der Waals surface area (Å²) in [6.07, 6.45) is 4.01. The highest BCUT2D eigenvalue weighted by Crippen LogP contribution is 2.59. The Labute approximate surface area is 292 Å². The van der Waals surface area contributed by atoms with E-state index >= 15 is 4.79 Å². The Morgan fingerprint density at radius 1 is 1.08 bits per heavy atom. The zero-order valence-electron chi connectivity index (χ0n) is 28.4. The molecular formula is C40H45N3O7. The van der Waals surface area contributed by atoms with Crippen LogP contribution in [0, 0.1) is 11.8 Å². The van der Waals surface area contributed by atoms with Crippen LogP contribution in [0.25, 0.3) is 10.8 Å². The number of benzene rings is 3. The van der Waals surface area contributed by atoms with Gasteiger partial charge in [-0.05, 0) is 61.1 Å². The fourth-order valence-electron chi connectivity index (χ4n) is 8.01. The molecule has 3 fully saturated rings. The van der Waals surface area contributed by atoms with Crippen molar-refractivity contribution in [1.82, 2.24) is 10.2 Å². The average molecular weight is 680 g/mol. The number of rotatable bonds is 15. The standard InChI is InChI=1S/C40H45N3O7/c1-4-6-16-33(45)41-24-26(3)49-39(48)34-32-19-20-40(50-32)35(34)37(46)43(31(25-44)22-27-12-8-7-9-13-27)36(40)38(47)42(21-5-2)30-18-17-28-14-10-11-15-29(28)23-30/h4-5,7-15,17-18,23,26,31-32,34-36,44H,1-2,6,16,19-22,24-25H2,3H3,(H,41,45)/t26-,31+,32+,34-,35-,36+,40-/m0/s1. The van der Waals surface area contributed by atoms with Gasteiger partial charge in [0.1, 0.15) is 17.7 Å². The molecule has 0 aromatic heterocycles. The Balaban J connectivity index is 1.34. The number of fused-ring (bicyclic) bond motifs is 2. The van der Waals surface area contributed by atoms with Crippen LogP contribution in [0.3, 0.4) is 0 Å². The molecule has 0 radical (unpaired) electrons. The first kappa shape index (κ1) is 35.0. The van der Waals surface area contributed by atoms with Crippen LogP contribution >= 0.6 is 0 Å². The smallest absolute Gasteiger partial charge is 0.312 e. The minimum atomic E-state index is -1.30. The van der Waals surface area contributed by atoms with Gasteiger partial charge in [0.05, 0.1) is 37.1 Å². The first-order valence-electron chi connectivity index (χ1n) is 17.4. The second kappa shape index (κ2) is 15.0. The number of esters is 1. The number of ether oxygens (including phenoxy) is 2. The number of nitrogens with one attached hydrogen (secondary N) is 1. The van der Waals surface area contributed by atoms with E-state index in [9.17, 15) is 19.5 Å². The zero-order valence-corrected chi connectivity index (χ0v) is 28.4. The molecule has 10 heteroatoms. The first-order valence-corrected chi connectivity index (χ1v) is 17.4. The number of hydrogen-bond donors (Lipinski definition) is 2. The van der Waals surface area contributed by atoms with Gasteiger partial charge in [-0.2, -0.15) is 0 Å². The van der Waals surface area contributed by atoms with Gasteiger partial charge in [-0.1, -0.05) is 72.8 Å². The highest BCUT2D eigenvalue weighted by molar-refractivity contribution is 6.05. The number of carbonyl (C=O) groups is 4. The van der Waals surface area contributed by atoms with E-state index in [1.54, 1.807) is 24.0 Å². The van der Waals surface area contributed by atoms with Crippen LogP contribution in [0.5, 0.6) is 0 Å². The molecule has 2 bridgehead atoms. The topological polar surface area (TPSA) is 125 Å². The Morgan fingerprint density at radius 3 is 2.54 bits per heavy atom. The number of amides is 3. The van der Waals surface area contributed by atoms with Crippen LogP contribution < -0.4 is 10.2 Å². The second-order valence-corrected chi connectivity index (χ2v) is 13.5. The second-order valence-electron chi connectivity index (χ2n) is 13.5. The summed E-state index contributed by atoms with van der Waals surface area (Å²) in [4.78, 5) is 58.9. The highest BCUT2D eigenvalue weighted by Gasteiger charge is 2.75. The minimum Gasteiger partial charge on any atom is -0.460 e. The van der Waals surface area contributed by atoms with Crippen molar-refractivity contribution in [2.75, 3.05) is 24.6 Å². The van der Waals surface area contributed by atoms with Crippen molar-refractivity contribution < 1.29 is 33.8 Å². The minimum absolute atomic E-state index is 0.114. The van der Waals surface area contributed by atoms with E-state index in [0.717, 1.165) is 16.3 Å². The van der Waals surface area contributed by atoms with Crippen LogP contribution in [-0.4, -0.2) is 83.3 Å². The maximum Gasteiger partial charge on any atom is 0.312 e. The number of aliphatic hydroxyl groups is 1. The number of anilines is 1. The summed E-state index contributed by atoms with van der Waals surface area (Å²) in [5.41, 5.74) is 0.227. The SMILES string of the molecule is C=CCCC(=O)NC[C@H](C)OC(=O)[C@@H]1[C@H]2C(=O)N([C@@H](CO)Cc3ccccc3)[C@H](C(=O)N(CC=C)c3ccc4ccccc4c3)[C@]23CC[C@H]1O3. The van der Waals surface area contributed by atoms with Gasteiger partial charge in [0.2, 0.25) is 11.8 Å². The maximum absolute atomic E-state index is 15.1. The molecule has 1 spiro atoms. The van der Waals surface area contributed by atoms with Gasteiger partial charge in [-0.3, -0.25) is 19.2 Å². The molecule has 3 amide bonds. The van der Waals surface area contributed by atoms with E-state index in [1.807, 2.05) is 72.8 Å². The molecule has 0 unspecified atom stereocenters. The Morgan fingerprint density at radius 2 is 1.82 bits per heavy atom. The molecule has 7 atom stereocenters. The number of allylic oxidation sites excluding steroid dienone is 1. The predicted octanol–water partition coefficient (Wildman–Crippen LogP) is 4.35. The Kier molecular flexibility index (Phi) is 10.5. The molecule has 3 aromatic rings. The van der Waals surface area contributed by atoms with Crippen LogP contribution in [-0.2, 0) is 35.1 Å². The van der Waals surface area contributed by atoms with Crippen LogP contribution in [0.4, 0.5) is 5.69 Å². The van der Waals surface area contributed by atoms with Crippen LogP contribution in [0.1, 0.15) is 38.2 Å². The lowest BCUT2D eigenvalue weighted by molar-refractivity contribution is -0.159. The molecule has 3 aliphatic heterocycles.